The van der Waals surface area contributed by atoms with Gasteiger partial charge in [-0.05, 0) is 29.8 Å². The number of esters is 1. The molecular formula is C17H12FN3O7. The SMILES string of the molecule is O=C(COC(=O)/C=C/c1ccc([N+](=O)[O-])cc1)Nc1cc([N+](=O)[O-])ccc1F. The van der Waals surface area contributed by atoms with Crippen molar-refractivity contribution >= 4 is 35.0 Å². The van der Waals surface area contributed by atoms with Gasteiger partial charge >= 0.3 is 5.97 Å². The van der Waals surface area contributed by atoms with E-state index in [1.165, 1.54) is 30.3 Å². The molecule has 144 valence electrons. The number of hydrogen-bond donors (Lipinski definition) is 1. The fourth-order valence-electron chi connectivity index (χ4n) is 1.97. The highest BCUT2D eigenvalue weighted by Gasteiger charge is 2.14. The fraction of sp³-hybridized carbons (Fsp3) is 0.0588. The highest BCUT2D eigenvalue weighted by molar-refractivity contribution is 5.95. The number of nitro groups is 2. The summed E-state index contributed by atoms with van der Waals surface area (Å²) in [6.45, 7) is -0.744. The second-order valence-corrected chi connectivity index (χ2v) is 5.26. The number of halogens is 1. The van der Waals surface area contributed by atoms with E-state index in [1.807, 2.05) is 0 Å². The zero-order valence-electron chi connectivity index (χ0n) is 14.0. The molecule has 0 radical (unpaired) electrons. The molecule has 0 aromatic heterocycles. The van der Waals surface area contributed by atoms with Crippen molar-refractivity contribution in [3.63, 3.8) is 0 Å². The number of nitro benzene ring substituents is 2. The van der Waals surface area contributed by atoms with Crippen LogP contribution in [0.3, 0.4) is 0 Å². The van der Waals surface area contributed by atoms with Crippen molar-refractivity contribution in [3.8, 4) is 0 Å². The van der Waals surface area contributed by atoms with Gasteiger partial charge in [0.1, 0.15) is 5.82 Å². The third-order valence-electron chi connectivity index (χ3n) is 3.30. The minimum atomic E-state index is -0.892. The van der Waals surface area contributed by atoms with Crippen LogP contribution in [-0.4, -0.2) is 28.3 Å². The normalized spacial score (nSPS) is 10.5. The molecule has 0 unspecified atom stereocenters. The maximum atomic E-state index is 13.6. The molecule has 0 bridgehead atoms. The van der Waals surface area contributed by atoms with Gasteiger partial charge in [-0.3, -0.25) is 25.0 Å². The highest BCUT2D eigenvalue weighted by Crippen LogP contribution is 2.21. The molecule has 2 rings (SSSR count). The maximum absolute atomic E-state index is 13.6. The Morgan fingerprint density at radius 3 is 2.25 bits per heavy atom. The topological polar surface area (TPSA) is 142 Å². The van der Waals surface area contributed by atoms with Gasteiger partial charge in [-0.1, -0.05) is 0 Å². The van der Waals surface area contributed by atoms with Crippen LogP contribution >= 0.6 is 0 Å². The van der Waals surface area contributed by atoms with Gasteiger partial charge in [0.25, 0.3) is 17.3 Å². The summed E-state index contributed by atoms with van der Waals surface area (Å²) in [6, 6.07) is 7.95. The Balaban J connectivity index is 1.88. The predicted octanol–water partition coefficient (Wildman–Crippen LogP) is 2.84. The van der Waals surface area contributed by atoms with E-state index in [0.29, 0.717) is 5.56 Å². The smallest absolute Gasteiger partial charge is 0.331 e. The molecule has 28 heavy (non-hydrogen) atoms. The summed E-state index contributed by atoms with van der Waals surface area (Å²) in [5, 5.41) is 23.3. The Morgan fingerprint density at radius 1 is 1.04 bits per heavy atom. The van der Waals surface area contributed by atoms with E-state index in [9.17, 15) is 34.2 Å². The van der Waals surface area contributed by atoms with E-state index in [2.05, 4.69) is 10.1 Å². The van der Waals surface area contributed by atoms with Gasteiger partial charge < -0.3 is 10.1 Å². The van der Waals surface area contributed by atoms with E-state index < -0.39 is 45.5 Å². The Hall–Kier alpha value is -4.15. The van der Waals surface area contributed by atoms with Crippen LogP contribution < -0.4 is 5.32 Å². The van der Waals surface area contributed by atoms with Crippen molar-refractivity contribution in [2.45, 2.75) is 0 Å². The van der Waals surface area contributed by atoms with Crippen LogP contribution in [0, 0.1) is 26.0 Å². The predicted molar refractivity (Wildman–Crippen MR) is 94.8 cm³/mol. The third-order valence-corrected chi connectivity index (χ3v) is 3.30. The van der Waals surface area contributed by atoms with E-state index in [4.69, 9.17) is 0 Å². The standard InChI is InChI=1S/C17H12FN3O7/c18-14-7-6-13(21(26)27)9-15(14)19-16(22)10-28-17(23)8-3-11-1-4-12(5-2-11)20(24)25/h1-9H,10H2,(H,19,22)/b8-3+. The van der Waals surface area contributed by atoms with Crippen LogP contribution in [0.5, 0.6) is 0 Å². The average Bonchev–Trinajstić information content (AvgIpc) is 2.66. The first-order valence-corrected chi connectivity index (χ1v) is 7.59. The number of benzene rings is 2. The second-order valence-electron chi connectivity index (χ2n) is 5.26. The van der Waals surface area contributed by atoms with Crippen LogP contribution in [0.15, 0.2) is 48.5 Å². The van der Waals surface area contributed by atoms with Crippen molar-refractivity contribution < 1.29 is 28.6 Å². The van der Waals surface area contributed by atoms with Crippen LogP contribution in [0.2, 0.25) is 0 Å². The lowest BCUT2D eigenvalue weighted by Gasteiger charge is -2.06. The van der Waals surface area contributed by atoms with E-state index >= 15 is 0 Å². The van der Waals surface area contributed by atoms with Gasteiger partial charge in [-0.2, -0.15) is 0 Å². The molecule has 2 aromatic carbocycles. The van der Waals surface area contributed by atoms with Gasteiger partial charge in [0.2, 0.25) is 0 Å². The molecule has 2 aromatic rings. The second kappa shape index (κ2) is 8.98. The third kappa shape index (κ3) is 5.69. The Kier molecular flexibility index (Phi) is 6.47. The van der Waals surface area contributed by atoms with Gasteiger partial charge in [-0.15, -0.1) is 0 Å². The molecular weight excluding hydrogens is 377 g/mol. The average molecular weight is 389 g/mol. The molecule has 1 N–H and O–H groups in total. The van der Waals surface area contributed by atoms with E-state index in [0.717, 1.165) is 24.3 Å². The molecule has 10 nitrogen and oxygen atoms in total. The van der Waals surface area contributed by atoms with Gasteiger partial charge in [-0.25, -0.2) is 9.18 Å². The number of ether oxygens (including phenoxy) is 1. The molecule has 0 heterocycles. The summed E-state index contributed by atoms with van der Waals surface area (Å²) in [7, 11) is 0. The van der Waals surface area contributed by atoms with Crippen molar-refractivity contribution in [1.29, 1.82) is 0 Å². The number of non-ortho nitro benzene ring substituents is 2. The molecule has 0 fully saturated rings. The lowest BCUT2D eigenvalue weighted by molar-refractivity contribution is -0.385. The number of nitrogens with zero attached hydrogens (tertiary/aromatic N) is 2. The summed E-state index contributed by atoms with van der Waals surface area (Å²) >= 11 is 0. The van der Waals surface area contributed by atoms with Crippen molar-refractivity contribution in [3.05, 3.63) is 80.1 Å². The van der Waals surface area contributed by atoms with Gasteiger partial charge in [0.15, 0.2) is 6.61 Å². The number of carbonyl (C=O) groups is 2. The van der Waals surface area contributed by atoms with Gasteiger partial charge in [0, 0.05) is 30.3 Å². The molecule has 1 amide bonds. The monoisotopic (exact) mass is 389 g/mol. The molecule has 0 spiro atoms. The first kappa shape index (κ1) is 20.2. The van der Waals surface area contributed by atoms with E-state index in [-0.39, 0.29) is 5.69 Å². The number of carbonyl (C=O) groups excluding carboxylic acids is 2. The largest absolute Gasteiger partial charge is 0.452 e. The van der Waals surface area contributed by atoms with Crippen LogP contribution in [0.1, 0.15) is 5.56 Å². The summed E-state index contributed by atoms with van der Waals surface area (Å²) in [5.41, 5.74) is -0.452. The van der Waals surface area contributed by atoms with Crippen molar-refractivity contribution in [2.24, 2.45) is 0 Å². The number of amides is 1. The Bertz CT molecular complexity index is 958. The lowest BCUT2D eigenvalue weighted by atomic mass is 10.2. The summed E-state index contributed by atoms with van der Waals surface area (Å²) in [6.07, 6.45) is 2.33. The maximum Gasteiger partial charge on any atom is 0.331 e. The summed E-state index contributed by atoms with van der Waals surface area (Å²) in [5.74, 6) is -2.66. The molecule has 0 atom stereocenters. The molecule has 0 saturated carbocycles. The Labute approximate surface area is 156 Å². The number of nitrogens with one attached hydrogen (secondary N) is 1. The van der Waals surface area contributed by atoms with Crippen LogP contribution in [0.4, 0.5) is 21.5 Å². The lowest BCUT2D eigenvalue weighted by Crippen LogP contribution is -2.20. The zero-order chi connectivity index (χ0) is 20.7. The molecule has 0 aliphatic heterocycles. The number of hydrogen-bond acceptors (Lipinski definition) is 7. The molecule has 0 aliphatic rings. The van der Waals surface area contributed by atoms with Crippen LogP contribution in [-0.2, 0) is 14.3 Å². The zero-order valence-corrected chi connectivity index (χ0v) is 14.0. The number of rotatable bonds is 7. The van der Waals surface area contributed by atoms with Gasteiger partial charge in [0.05, 0.1) is 15.5 Å². The fourth-order valence-corrected chi connectivity index (χ4v) is 1.97. The summed E-state index contributed by atoms with van der Waals surface area (Å²) < 4.78 is 18.3. The van der Waals surface area contributed by atoms with E-state index in [1.54, 1.807) is 0 Å². The van der Waals surface area contributed by atoms with Crippen molar-refractivity contribution in [2.75, 3.05) is 11.9 Å². The Morgan fingerprint density at radius 2 is 1.64 bits per heavy atom. The highest BCUT2D eigenvalue weighted by atomic mass is 19.1. The molecule has 0 saturated heterocycles. The summed E-state index contributed by atoms with van der Waals surface area (Å²) in [4.78, 5) is 43.2. The van der Waals surface area contributed by atoms with Crippen molar-refractivity contribution in [1.82, 2.24) is 0 Å². The first-order valence-electron chi connectivity index (χ1n) is 7.59. The minimum Gasteiger partial charge on any atom is -0.452 e. The first-order chi connectivity index (χ1) is 13.3. The molecule has 11 heteroatoms. The van der Waals surface area contributed by atoms with Crippen LogP contribution in [0.25, 0.3) is 6.08 Å². The molecule has 0 aliphatic carbocycles. The quantitative estimate of drug-likeness (QED) is 0.332. The minimum absolute atomic E-state index is 0.107. The number of anilines is 1.